The predicted molar refractivity (Wildman–Crippen MR) is 86.0 cm³/mol. The number of halogens is 1. The van der Waals surface area contributed by atoms with Gasteiger partial charge in [0.15, 0.2) is 5.15 Å². The number of hydrogen-bond acceptors (Lipinski definition) is 3. The fourth-order valence-corrected chi connectivity index (χ4v) is 2.74. The van der Waals surface area contributed by atoms with Crippen LogP contribution in [0.4, 0.5) is 0 Å². The van der Waals surface area contributed by atoms with Crippen molar-refractivity contribution < 1.29 is 4.74 Å². The number of ether oxygens (including phenoxy) is 1. The molecule has 0 aliphatic rings. The Hall–Kier alpha value is -2.13. The normalized spacial score (nSPS) is 10.9. The van der Waals surface area contributed by atoms with Crippen LogP contribution in [0.1, 0.15) is 11.1 Å². The van der Waals surface area contributed by atoms with Crippen molar-refractivity contribution in [3.8, 4) is 17.0 Å². The van der Waals surface area contributed by atoms with Gasteiger partial charge in [-0.05, 0) is 37.1 Å². The third kappa shape index (κ3) is 2.34. The van der Waals surface area contributed by atoms with Crippen LogP contribution in [0.25, 0.3) is 22.0 Å². The summed E-state index contributed by atoms with van der Waals surface area (Å²) in [5.74, 6) is 0.877. The Bertz CT molecular complexity index is 830. The molecule has 3 nitrogen and oxygen atoms in total. The molecule has 0 aliphatic heterocycles. The Morgan fingerprint density at radius 2 is 1.67 bits per heavy atom. The van der Waals surface area contributed by atoms with Gasteiger partial charge in [-0.1, -0.05) is 35.9 Å². The number of hydrogen-bond donors (Lipinski definition) is 0. The minimum atomic E-state index is 0.428. The SMILES string of the molecule is COc1cc(C)c(-c2nnc(Cl)c3ccccc23)cc1C. The topological polar surface area (TPSA) is 35.0 Å². The molecule has 2 aromatic carbocycles. The first-order valence-electron chi connectivity index (χ1n) is 6.68. The minimum Gasteiger partial charge on any atom is -0.496 e. The van der Waals surface area contributed by atoms with Gasteiger partial charge < -0.3 is 4.74 Å². The zero-order chi connectivity index (χ0) is 15.0. The van der Waals surface area contributed by atoms with Gasteiger partial charge in [0.25, 0.3) is 0 Å². The highest BCUT2D eigenvalue weighted by Gasteiger charge is 2.13. The van der Waals surface area contributed by atoms with Crippen LogP contribution >= 0.6 is 11.6 Å². The van der Waals surface area contributed by atoms with Gasteiger partial charge in [-0.3, -0.25) is 0 Å². The van der Waals surface area contributed by atoms with E-state index in [-0.39, 0.29) is 0 Å². The lowest BCUT2D eigenvalue weighted by Gasteiger charge is -2.12. The van der Waals surface area contributed by atoms with Crippen LogP contribution in [0.15, 0.2) is 36.4 Å². The average molecular weight is 299 g/mol. The highest BCUT2D eigenvalue weighted by atomic mass is 35.5. The molecule has 0 aliphatic carbocycles. The summed E-state index contributed by atoms with van der Waals surface area (Å²) in [6.45, 7) is 4.07. The predicted octanol–water partition coefficient (Wildman–Crippen LogP) is 4.58. The molecule has 0 unspecified atom stereocenters. The van der Waals surface area contributed by atoms with Gasteiger partial charge in [-0.25, -0.2) is 0 Å². The second-order valence-electron chi connectivity index (χ2n) is 5.02. The monoisotopic (exact) mass is 298 g/mol. The summed E-state index contributed by atoms with van der Waals surface area (Å²) in [5.41, 5.74) is 4.06. The standard InChI is InChI=1S/C17H15ClN2O/c1-10-9-15(21-3)11(2)8-14(10)16-12-6-4-5-7-13(12)17(18)20-19-16/h4-9H,1-3H3. The molecule has 4 heteroatoms. The van der Waals surface area contributed by atoms with Crippen molar-refractivity contribution in [2.75, 3.05) is 7.11 Å². The van der Waals surface area contributed by atoms with Crippen LogP contribution in [0.3, 0.4) is 0 Å². The summed E-state index contributed by atoms with van der Waals surface area (Å²) in [4.78, 5) is 0. The first-order valence-corrected chi connectivity index (χ1v) is 7.06. The van der Waals surface area contributed by atoms with Gasteiger partial charge in [0.2, 0.25) is 0 Å². The Labute approximate surface area is 128 Å². The molecule has 0 atom stereocenters. The van der Waals surface area contributed by atoms with Crippen LogP contribution in [0.5, 0.6) is 5.75 Å². The van der Waals surface area contributed by atoms with Crippen LogP contribution in [-0.4, -0.2) is 17.3 Å². The molecule has 0 fully saturated rings. The van der Waals surface area contributed by atoms with Gasteiger partial charge in [-0.15, -0.1) is 10.2 Å². The van der Waals surface area contributed by atoms with E-state index in [9.17, 15) is 0 Å². The summed E-state index contributed by atoms with van der Waals surface area (Å²) in [6.07, 6.45) is 0. The number of benzene rings is 2. The van der Waals surface area contributed by atoms with E-state index in [4.69, 9.17) is 16.3 Å². The van der Waals surface area contributed by atoms with Gasteiger partial charge >= 0.3 is 0 Å². The smallest absolute Gasteiger partial charge is 0.159 e. The molecule has 0 saturated heterocycles. The van der Waals surface area contributed by atoms with E-state index in [1.807, 2.05) is 44.2 Å². The van der Waals surface area contributed by atoms with Crippen molar-refractivity contribution in [2.45, 2.75) is 13.8 Å². The lowest BCUT2D eigenvalue weighted by molar-refractivity contribution is 0.411. The van der Waals surface area contributed by atoms with Gasteiger partial charge in [0, 0.05) is 16.3 Å². The number of fused-ring (bicyclic) bond motifs is 1. The fraction of sp³-hybridized carbons (Fsp3) is 0.176. The van der Waals surface area contributed by atoms with E-state index in [2.05, 4.69) is 16.3 Å². The maximum absolute atomic E-state index is 6.14. The number of rotatable bonds is 2. The fourth-order valence-electron chi connectivity index (χ4n) is 2.53. The molecule has 21 heavy (non-hydrogen) atoms. The zero-order valence-electron chi connectivity index (χ0n) is 12.1. The minimum absolute atomic E-state index is 0.428. The maximum atomic E-state index is 6.14. The average Bonchev–Trinajstić information content (AvgIpc) is 2.50. The van der Waals surface area contributed by atoms with Gasteiger partial charge in [-0.2, -0.15) is 0 Å². The molecule has 3 rings (SSSR count). The van der Waals surface area contributed by atoms with Gasteiger partial charge in [0.05, 0.1) is 7.11 Å². The molecule has 1 heterocycles. The van der Waals surface area contributed by atoms with Crippen molar-refractivity contribution >= 4 is 22.4 Å². The van der Waals surface area contributed by atoms with E-state index in [0.717, 1.165) is 38.9 Å². The van der Waals surface area contributed by atoms with Crippen molar-refractivity contribution in [1.29, 1.82) is 0 Å². The number of nitrogens with zero attached hydrogens (tertiary/aromatic N) is 2. The molecule has 106 valence electrons. The lowest BCUT2D eigenvalue weighted by Crippen LogP contribution is -1.96. The molecular formula is C17H15ClN2O. The summed E-state index contributed by atoms with van der Waals surface area (Å²) in [6, 6.07) is 12.0. The largest absolute Gasteiger partial charge is 0.496 e. The first-order chi connectivity index (χ1) is 10.1. The van der Waals surface area contributed by atoms with Crippen molar-refractivity contribution in [2.24, 2.45) is 0 Å². The van der Waals surface area contributed by atoms with Crippen LogP contribution < -0.4 is 4.74 Å². The molecule has 0 bridgehead atoms. The van der Waals surface area contributed by atoms with Crippen LogP contribution in [0, 0.1) is 13.8 Å². The lowest BCUT2D eigenvalue weighted by atomic mass is 9.98. The number of methoxy groups -OCH3 is 1. The first kappa shape index (κ1) is 13.8. The quantitative estimate of drug-likeness (QED) is 0.695. The molecule has 1 aromatic heterocycles. The molecule has 3 aromatic rings. The Balaban J connectivity index is 2.31. The number of aromatic nitrogens is 2. The molecule has 0 saturated carbocycles. The molecule has 0 N–H and O–H groups in total. The van der Waals surface area contributed by atoms with Crippen molar-refractivity contribution in [3.63, 3.8) is 0 Å². The van der Waals surface area contributed by atoms with Crippen LogP contribution in [0.2, 0.25) is 5.15 Å². The van der Waals surface area contributed by atoms with E-state index in [0.29, 0.717) is 5.15 Å². The Morgan fingerprint density at radius 1 is 0.952 bits per heavy atom. The third-order valence-corrected chi connectivity index (χ3v) is 3.92. The summed E-state index contributed by atoms with van der Waals surface area (Å²) in [7, 11) is 1.68. The highest BCUT2D eigenvalue weighted by molar-refractivity contribution is 6.34. The van der Waals surface area contributed by atoms with Gasteiger partial charge in [0.1, 0.15) is 11.4 Å². The Kier molecular flexibility index (Phi) is 3.52. The Morgan fingerprint density at radius 3 is 2.38 bits per heavy atom. The second kappa shape index (κ2) is 5.34. The van der Waals surface area contributed by atoms with E-state index in [1.54, 1.807) is 7.11 Å². The highest BCUT2D eigenvalue weighted by Crippen LogP contribution is 2.34. The summed E-state index contributed by atoms with van der Waals surface area (Å²) in [5, 5.41) is 10.7. The van der Waals surface area contributed by atoms with Crippen molar-refractivity contribution in [3.05, 3.63) is 52.7 Å². The maximum Gasteiger partial charge on any atom is 0.159 e. The van der Waals surface area contributed by atoms with Crippen molar-refractivity contribution in [1.82, 2.24) is 10.2 Å². The molecule has 0 radical (unpaired) electrons. The zero-order valence-corrected chi connectivity index (χ0v) is 12.9. The second-order valence-corrected chi connectivity index (χ2v) is 5.38. The van der Waals surface area contributed by atoms with E-state index < -0.39 is 0 Å². The third-order valence-electron chi connectivity index (χ3n) is 3.64. The summed E-state index contributed by atoms with van der Waals surface area (Å²) >= 11 is 6.14. The van der Waals surface area contributed by atoms with E-state index >= 15 is 0 Å². The molecular weight excluding hydrogens is 284 g/mol. The molecule has 0 amide bonds. The van der Waals surface area contributed by atoms with Crippen LogP contribution in [-0.2, 0) is 0 Å². The van der Waals surface area contributed by atoms with E-state index in [1.165, 1.54) is 0 Å². The summed E-state index contributed by atoms with van der Waals surface area (Å²) < 4.78 is 5.37. The number of aryl methyl sites for hydroxylation is 2. The molecule has 0 spiro atoms.